The van der Waals surface area contributed by atoms with Crippen LogP contribution in [-0.2, 0) is 0 Å². The molecule has 2 saturated heterocycles. The molecule has 0 N–H and O–H groups in total. The van der Waals surface area contributed by atoms with E-state index in [4.69, 9.17) is 4.98 Å². The van der Waals surface area contributed by atoms with Gasteiger partial charge >= 0.3 is 0 Å². The third-order valence-corrected chi connectivity index (χ3v) is 5.35. The van der Waals surface area contributed by atoms with E-state index in [1.807, 2.05) is 0 Å². The molecule has 0 radical (unpaired) electrons. The third-order valence-electron chi connectivity index (χ3n) is 5.35. The first-order chi connectivity index (χ1) is 10.1. The van der Waals surface area contributed by atoms with E-state index in [0.717, 1.165) is 17.7 Å². The summed E-state index contributed by atoms with van der Waals surface area (Å²) in [4.78, 5) is 9.90. The molecule has 2 aliphatic heterocycles. The fourth-order valence-corrected chi connectivity index (χ4v) is 4.04. The minimum Gasteiger partial charge on any atom is -0.357 e. The molecule has 0 bridgehead atoms. The maximum atomic E-state index is 4.72. The van der Waals surface area contributed by atoms with Crippen LogP contribution in [0, 0.1) is 19.8 Å². The Hall–Kier alpha value is -1.09. The van der Waals surface area contributed by atoms with E-state index in [9.17, 15) is 0 Å². The number of rotatable bonds is 3. The summed E-state index contributed by atoms with van der Waals surface area (Å²) >= 11 is 0. The summed E-state index contributed by atoms with van der Waals surface area (Å²) in [5.74, 6) is 2.05. The Kier molecular flexibility index (Phi) is 4.48. The number of nitrogens with zero attached hydrogens (tertiary/aromatic N) is 3. The minimum atomic E-state index is 0.766. The van der Waals surface area contributed by atoms with Crippen molar-refractivity contribution in [2.45, 2.75) is 52.5 Å². The fourth-order valence-electron chi connectivity index (χ4n) is 4.04. The van der Waals surface area contributed by atoms with Crippen LogP contribution in [0.15, 0.2) is 12.1 Å². The fraction of sp³-hybridized carbons (Fsp3) is 0.722. The lowest BCUT2D eigenvalue weighted by molar-refractivity contribution is 0.167. The molecule has 2 aliphatic rings. The van der Waals surface area contributed by atoms with Gasteiger partial charge in [0.2, 0.25) is 0 Å². The van der Waals surface area contributed by atoms with E-state index < -0.39 is 0 Å². The molecule has 1 unspecified atom stereocenters. The quantitative estimate of drug-likeness (QED) is 0.849. The number of anilines is 1. The second-order valence-electron chi connectivity index (χ2n) is 6.95. The van der Waals surface area contributed by atoms with Gasteiger partial charge in [-0.05, 0) is 83.2 Å². The van der Waals surface area contributed by atoms with Crippen LogP contribution in [-0.4, -0.2) is 42.1 Å². The highest BCUT2D eigenvalue weighted by atomic mass is 15.2. The Bertz CT molecular complexity index is 451. The van der Waals surface area contributed by atoms with Gasteiger partial charge in [-0.2, -0.15) is 0 Å². The highest BCUT2D eigenvalue weighted by Gasteiger charge is 2.29. The summed E-state index contributed by atoms with van der Waals surface area (Å²) in [6.07, 6.45) is 5.42. The van der Waals surface area contributed by atoms with Crippen LogP contribution in [0.2, 0.25) is 0 Å². The molecule has 2 fully saturated rings. The number of aryl methyl sites for hydroxylation is 2. The predicted molar refractivity (Wildman–Crippen MR) is 88.9 cm³/mol. The monoisotopic (exact) mass is 287 g/mol. The Morgan fingerprint density at radius 1 is 1.05 bits per heavy atom. The van der Waals surface area contributed by atoms with Gasteiger partial charge in [0.15, 0.2) is 0 Å². The van der Waals surface area contributed by atoms with Crippen molar-refractivity contribution >= 4 is 5.82 Å². The van der Waals surface area contributed by atoms with Gasteiger partial charge in [0, 0.05) is 24.8 Å². The first-order valence-corrected chi connectivity index (χ1v) is 8.58. The van der Waals surface area contributed by atoms with Crippen molar-refractivity contribution in [2.24, 2.45) is 5.92 Å². The molecule has 0 aromatic carbocycles. The standard InChI is InChI=1S/C18H29N3/c1-14-12-15(2)19-18(13-14)21-10-6-17(7-11-21)16(3)20-8-4-5-9-20/h12-13,16-17H,4-11H2,1-3H3. The average Bonchev–Trinajstić information content (AvgIpc) is 3.00. The van der Waals surface area contributed by atoms with Crippen molar-refractivity contribution in [3.8, 4) is 0 Å². The van der Waals surface area contributed by atoms with Crippen LogP contribution in [0.4, 0.5) is 5.82 Å². The first-order valence-electron chi connectivity index (χ1n) is 8.58. The van der Waals surface area contributed by atoms with Crippen molar-refractivity contribution in [1.29, 1.82) is 0 Å². The molecule has 0 aliphatic carbocycles. The summed E-state index contributed by atoms with van der Waals surface area (Å²) in [7, 11) is 0. The minimum absolute atomic E-state index is 0.766. The molecule has 3 heteroatoms. The predicted octanol–water partition coefficient (Wildman–Crippen LogP) is 3.40. The van der Waals surface area contributed by atoms with Crippen molar-refractivity contribution in [3.63, 3.8) is 0 Å². The van der Waals surface area contributed by atoms with Crippen molar-refractivity contribution in [2.75, 3.05) is 31.1 Å². The van der Waals surface area contributed by atoms with Crippen LogP contribution in [0.3, 0.4) is 0 Å². The number of aromatic nitrogens is 1. The molecular weight excluding hydrogens is 258 g/mol. The van der Waals surface area contributed by atoms with Crippen molar-refractivity contribution < 1.29 is 0 Å². The molecule has 3 nitrogen and oxygen atoms in total. The largest absolute Gasteiger partial charge is 0.357 e. The summed E-state index contributed by atoms with van der Waals surface area (Å²) in [6, 6.07) is 5.16. The van der Waals surface area contributed by atoms with E-state index in [2.05, 4.69) is 42.7 Å². The zero-order chi connectivity index (χ0) is 14.8. The Morgan fingerprint density at radius 2 is 1.71 bits per heavy atom. The maximum Gasteiger partial charge on any atom is 0.129 e. The first kappa shape index (κ1) is 14.8. The van der Waals surface area contributed by atoms with Gasteiger partial charge in [-0.3, -0.25) is 0 Å². The summed E-state index contributed by atoms with van der Waals surface area (Å²) in [5, 5.41) is 0. The SMILES string of the molecule is Cc1cc(C)nc(N2CCC(C(C)N3CCCC3)CC2)c1. The zero-order valence-electron chi connectivity index (χ0n) is 13.8. The van der Waals surface area contributed by atoms with Gasteiger partial charge in [-0.15, -0.1) is 0 Å². The van der Waals surface area contributed by atoms with Gasteiger partial charge < -0.3 is 9.80 Å². The van der Waals surface area contributed by atoms with E-state index in [1.54, 1.807) is 0 Å². The molecule has 1 aromatic heterocycles. The molecular formula is C18H29N3. The zero-order valence-corrected chi connectivity index (χ0v) is 13.8. The Balaban J connectivity index is 1.59. The molecule has 3 rings (SSSR count). The van der Waals surface area contributed by atoms with E-state index in [-0.39, 0.29) is 0 Å². The van der Waals surface area contributed by atoms with E-state index >= 15 is 0 Å². The highest BCUT2D eigenvalue weighted by Crippen LogP contribution is 2.28. The Labute approximate surface area is 129 Å². The smallest absolute Gasteiger partial charge is 0.129 e. The number of pyridine rings is 1. The third kappa shape index (κ3) is 3.39. The van der Waals surface area contributed by atoms with Crippen molar-refractivity contribution in [1.82, 2.24) is 9.88 Å². The average molecular weight is 287 g/mol. The van der Waals surface area contributed by atoms with Gasteiger partial charge in [0.05, 0.1) is 0 Å². The molecule has 116 valence electrons. The number of hydrogen-bond donors (Lipinski definition) is 0. The topological polar surface area (TPSA) is 19.4 Å². The summed E-state index contributed by atoms with van der Waals surface area (Å²) < 4.78 is 0. The molecule has 0 saturated carbocycles. The number of piperidine rings is 1. The number of hydrogen-bond acceptors (Lipinski definition) is 3. The Morgan fingerprint density at radius 3 is 2.33 bits per heavy atom. The molecule has 21 heavy (non-hydrogen) atoms. The van der Waals surface area contributed by atoms with Crippen LogP contribution < -0.4 is 4.90 Å². The van der Waals surface area contributed by atoms with Gasteiger partial charge in [0.25, 0.3) is 0 Å². The summed E-state index contributed by atoms with van der Waals surface area (Å²) in [5.41, 5.74) is 2.46. The lowest BCUT2D eigenvalue weighted by atomic mass is 9.89. The second kappa shape index (κ2) is 6.35. The summed E-state index contributed by atoms with van der Waals surface area (Å²) in [6.45, 7) is 11.7. The van der Waals surface area contributed by atoms with Gasteiger partial charge in [-0.25, -0.2) is 4.98 Å². The molecule has 0 spiro atoms. The van der Waals surface area contributed by atoms with E-state index in [1.165, 1.54) is 63.2 Å². The molecule has 1 aromatic rings. The lowest BCUT2D eigenvalue weighted by Gasteiger charge is -2.38. The molecule has 3 heterocycles. The van der Waals surface area contributed by atoms with Crippen LogP contribution >= 0.6 is 0 Å². The second-order valence-corrected chi connectivity index (χ2v) is 6.95. The van der Waals surface area contributed by atoms with Crippen LogP contribution in [0.1, 0.15) is 43.9 Å². The van der Waals surface area contributed by atoms with Crippen LogP contribution in [0.25, 0.3) is 0 Å². The maximum absolute atomic E-state index is 4.72. The number of likely N-dealkylation sites (tertiary alicyclic amines) is 1. The molecule has 0 amide bonds. The van der Waals surface area contributed by atoms with E-state index in [0.29, 0.717) is 0 Å². The van der Waals surface area contributed by atoms with Crippen molar-refractivity contribution in [3.05, 3.63) is 23.4 Å². The highest BCUT2D eigenvalue weighted by molar-refractivity contribution is 5.42. The lowest BCUT2D eigenvalue weighted by Crippen LogP contribution is -2.43. The van der Waals surface area contributed by atoms with Gasteiger partial charge in [0.1, 0.15) is 5.82 Å². The van der Waals surface area contributed by atoms with Crippen LogP contribution in [0.5, 0.6) is 0 Å². The van der Waals surface area contributed by atoms with Gasteiger partial charge in [-0.1, -0.05) is 0 Å². The normalized spacial score (nSPS) is 22.7. The molecule has 1 atom stereocenters.